The Morgan fingerprint density at radius 3 is 1.21 bits per heavy atom. The number of unbranched alkanes of at least 4 members (excludes halogenated alkanes) is 21. The number of nitrogens with zero attached hydrogens (tertiary/aromatic N) is 1. The number of carbonyl (C=O) groups is 2. The van der Waals surface area contributed by atoms with Crippen molar-refractivity contribution in [2.45, 2.75) is 232 Å². The van der Waals surface area contributed by atoms with Crippen LogP contribution in [0.2, 0.25) is 0 Å². The monoisotopic (exact) mass is 1010 g/mol. The van der Waals surface area contributed by atoms with Gasteiger partial charge >= 0.3 is 11.9 Å². The van der Waals surface area contributed by atoms with Crippen LogP contribution in [0, 0.1) is 0 Å². The van der Waals surface area contributed by atoms with Gasteiger partial charge in [0.1, 0.15) is 19.8 Å². The lowest BCUT2D eigenvalue weighted by molar-refractivity contribution is -0.870. The molecule has 0 amide bonds. The molecule has 0 radical (unpaired) electrons. The van der Waals surface area contributed by atoms with Crippen molar-refractivity contribution in [1.29, 1.82) is 0 Å². The van der Waals surface area contributed by atoms with E-state index < -0.39 is 32.5 Å². The van der Waals surface area contributed by atoms with E-state index in [4.69, 9.17) is 18.5 Å². The van der Waals surface area contributed by atoms with Crippen molar-refractivity contribution in [3.05, 3.63) is 97.2 Å². The molecule has 0 aliphatic rings. The van der Waals surface area contributed by atoms with Gasteiger partial charge in [0.25, 0.3) is 7.82 Å². The molecule has 0 aromatic heterocycles. The van der Waals surface area contributed by atoms with E-state index in [9.17, 15) is 19.0 Å². The van der Waals surface area contributed by atoms with Crippen LogP contribution in [0.5, 0.6) is 0 Å². The zero-order valence-corrected chi connectivity index (χ0v) is 47.0. The van der Waals surface area contributed by atoms with Gasteiger partial charge in [-0.2, -0.15) is 0 Å². The average Bonchev–Trinajstić information content (AvgIpc) is 3.33. The topological polar surface area (TPSA) is 111 Å². The van der Waals surface area contributed by atoms with E-state index in [2.05, 4.69) is 111 Å². The van der Waals surface area contributed by atoms with Crippen LogP contribution >= 0.6 is 7.82 Å². The molecule has 0 aromatic carbocycles. The van der Waals surface area contributed by atoms with Crippen molar-refractivity contribution < 1.29 is 42.1 Å². The van der Waals surface area contributed by atoms with Crippen molar-refractivity contribution in [3.63, 3.8) is 0 Å². The van der Waals surface area contributed by atoms with E-state index in [1.807, 2.05) is 21.1 Å². The van der Waals surface area contributed by atoms with Crippen LogP contribution < -0.4 is 4.89 Å². The minimum Gasteiger partial charge on any atom is -0.756 e. The number of esters is 2. The van der Waals surface area contributed by atoms with Gasteiger partial charge in [0.05, 0.1) is 27.7 Å². The third kappa shape index (κ3) is 56.1. The average molecular weight is 1010 g/mol. The summed E-state index contributed by atoms with van der Waals surface area (Å²) in [6, 6.07) is 0. The molecule has 0 aromatic rings. The zero-order valence-electron chi connectivity index (χ0n) is 46.1. The molecular weight excluding hydrogens is 906 g/mol. The molecule has 0 N–H and O–H groups in total. The number of quaternary nitrogens is 1. The second-order valence-electron chi connectivity index (χ2n) is 19.9. The van der Waals surface area contributed by atoms with E-state index in [0.717, 1.165) is 103 Å². The van der Waals surface area contributed by atoms with Gasteiger partial charge in [-0.3, -0.25) is 14.2 Å². The second-order valence-corrected chi connectivity index (χ2v) is 21.3. The van der Waals surface area contributed by atoms with Gasteiger partial charge in [0, 0.05) is 12.8 Å². The molecule has 408 valence electrons. The van der Waals surface area contributed by atoms with E-state index in [-0.39, 0.29) is 26.1 Å². The van der Waals surface area contributed by atoms with Gasteiger partial charge in [0.2, 0.25) is 0 Å². The summed E-state index contributed by atoms with van der Waals surface area (Å²) in [5.41, 5.74) is 0. The number of phosphoric acid groups is 1. The summed E-state index contributed by atoms with van der Waals surface area (Å²) in [4.78, 5) is 37.8. The van der Waals surface area contributed by atoms with Crippen molar-refractivity contribution in [1.82, 2.24) is 0 Å². The van der Waals surface area contributed by atoms with Crippen LogP contribution in [0.4, 0.5) is 0 Å². The summed E-state index contributed by atoms with van der Waals surface area (Å²) in [5.74, 6) is -0.854. The predicted octanol–water partition coefficient (Wildman–Crippen LogP) is 17.0. The Morgan fingerprint density at radius 1 is 0.451 bits per heavy atom. The summed E-state index contributed by atoms with van der Waals surface area (Å²) in [5, 5.41) is 0. The number of carbonyl (C=O) groups excluding carboxylic acids is 2. The number of phosphoric ester groups is 1. The van der Waals surface area contributed by atoms with Gasteiger partial charge in [-0.25, -0.2) is 0 Å². The van der Waals surface area contributed by atoms with Gasteiger partial charge in [-0.05, 0) is 96.3 Å². The second kappa shape index (κ2) is 51.8. The van der Waals surface area contributed by atoms with Crippen molar-refractivity contribution in [2.75, 3.05) is 47.5 Å². The molecule has 2 atom stereocenters. The van der Waals surface area contributed by atoms with E-state index >= 15 is 0 Å². The fourth-order valence-electron chi connectivity index (χ4n) is 7.45. The standard InChI is InChI=1S/C61H106NO8P/c1-6-8-10-12-14-16-18-20-22-24-26-27-28-29-30-31-32-33-34-35-36-38-40-42-44-46-48-50-52-54-61(64)70-59(58-69-71(65,66)68-56-55-62(3,4)5)57-67-60(63)53-51-49-47-45-43-41-39-37-25-23-21-19-17-15-13-11-9-7-2/h8,10,14,16,20,22-23,25-27,29-30,32-33,35-36,59H,6-7,9,11-13,15,17-19,21,24,28,31,34,37-58H2,1-5H3/b10-8-,16-14-,22-20-,25-23-,27-26-,30-29-,33-32-,36-35-. The Bertz CT molecular complexity index is 1520. The van der Waals surface area contributed by atoms with Crippen molar-refractivity contribution in [3.8, 4) is 0 Å². The molecule has 0 saturated heterocycles. The van der Waals surface area contributed by atoms with Crippen LogP contribution in [0.1, 0.15) is 226 Å². The highest BCUT2D eigenvalue weighted by atomic mass is 31.2. The Kier molecular flexibility index (Phi) is 49.6. The third-order valence-corrected chi connectivity index (χ3v) is 12.8. The first kappa shape index (κ1) is 67.9. The fourth-order valence-corrected chi connectivity index (χ4v) is 8.18. The number of ether oxygens (including phenoxy) is 2. The van der Waals surface area contributed by atoms with Crippen LogP contribution in [-0.4, -0.2) is 70.0 Å². The number of hydrogen-bond donors (Lipinski definition) is 0. The molecule has 10 heteroatoms. The van der Waals surface area contributed by atoms with E-state index in [0.29, 0.717) is 17.4 Å². The maximum atomic E-state index is 12.8. The van der Waals surface area contributed by atoms with E-state index in [1.165, 1.54) is 89.9 Å². The molecule has 71 heavy (non-hydrogen) atoms. The molecule has 0 saturated carbocycles. The molecule has 0 aliphatic heterocycles. The van der Waals surface area contributed by atoms with Gasteiger partial charge in [-0.1, -0.05) is 214 Å². The highest BCUT2D eigenvalue weighted by Gasteiger charge is 2.21. The van der Waals surface area contributed by atoms with Gasteiger partial charge in [-0.15, -0.1) is 0 Å². The first-order valence-corrected chi connectivity index (χ1v) is 29.9. The minimum absolute atomic E-state index is 0.0385. The molecule has 0 aliphatic carbocycles. The number of hydrogen-bond acceptors (Lipinski definition) is 8. The highest BCUT2D eigenvalue weighted by Crippen LogP contribution is 2.38. The zero-order chi connectivity index (χ0) is 52.0. The number of allylic oxidation sites excluding steroid dienone is 16. The third-order valence-electron chi connectivity index (χ3n) is 11.8. The summed E-state index contributed by atoms with van der Waals surface area (Å²) in [6.07, 6.45) is 70.1. The summed E-state index contributed by atoms with van der Waals surface area (Å²) < 4.78 is 34.1. The Hall–Kier alpha value is -3.07. The molecule has 0 rings (SSSR count). The predicted molar refractivity (Wildman–Crippen MR) is 300 cm³/mol. The number of rotatable bonds is 51. The largest absolute Gasteiger partial charge is 0.756 e. The quantitative estimate of drug-likeness (QED) is 0.0195. The van der Waals surface area contributed by atoms with E-state index in [1.54, 1.807) is 0 Å². The Morgan fingerprint density at radius 2 is 0.803 bits per heavy atom. The molecular formula is C61H106NO8P. The molecule has 2 unspecified atom stereocenters. The maximum Gasteiger partial charge on any atom is 0.306 e. The van der Waals surface area contributed by atoms with Crippen LogP contribution in [0.15, 0.2) is 97.2 Å². The lowest BCUT2D eigenvalue weighted by Gasteiger charge is -2.28. The van der Waals surface area contributed by atoms with Crippen molar-refractivity contribution >= 4 is 19.8 Å². The smallest absolute Gasteiger partial charge is 0.306 e. The minimum atomic E-state index is -4.64. The van der Waals surface area contributed by atoms with Crippen molar-refractivity contribution in [2.24, 2.45) is 0 Å². The first-order chi connectivity index (χ1) is 34.5. The molecule has 0 heterocycles. The lowest BCUT2D eigenvalue weighted by atomic mass is 10.1. The highest BCUT2D eigenvalue weighted by molar-refractivity contribution is 7.45. The maximum absolute atomic E-state index is 12.8. The van der Waals surface area contributed by atoms with Crippen LogP contribution in [0.25, 0.3) is 0 Å². The summed E-state index contributed by atoms with van der Waals surface area (Å²) in [7, 11) is 1.14. The molecule has 0 bridgehead atoms. The normalized spacial score (nSPS) is 14.1. The Labute approximate surface area is 436 Å². The lowest BCUT2D eigenvalue weighted by Crippen LogP contribution is -2.37. The summed E-state index contributed by atoms with van der Waals surface area (Å²) >= 11 is 0. The van der Waals surface area contributed by atoms with Gasteiger partial charge < -0.3 is 27.9 Å². The van der Waals surface area contributed by atoms with Crippen LogP contribution in [-0.2, 0) is 32.7 Å². The van der Waals surface area contributed by atoms with Crippen LogP contribution in [0.3, 0.4) is 0 Å². The SMILES string of the molecule is CC/C=C\C/C=C\C/C=C\C/C=C\C/C=C\C/C=C\C/C=C\CCCCCCCCCC(=O)OC(COC(=O)CCCCCCCCC/C=C\CCCCCCCCC)COP(=O)([O-])OCC[N+](C)(C)C. The van der Waals surface area contributed by atoms with Gasteiger partial charge in [0.15, 0.2) is 6.10 Å². The fraction of sp³-hybridized carbons (Fsp3) is 0.705. The molecule has 0 fully saturated rings. The summed E-state index contributed by atoms with van der Waals surface area (Å²) in [6.45, 7) is 4.10. The number of likely N-dealkylation sites (N-methyl/N-ethyl adjacent to an activating group) is 1. The molecule has 0 spiro atoms. The molecule has 9 nitrogen and oxygen atoms in total. The Balaban J connectivity index is 4.24. The first-order valence-electron chi connectivity index (χ1n) is 28.4.